The summed E-state index contributed by atoms with van der Waals surface area (Å²) in [5, 5.41) is 0. The minimum Gasteiger partial charge on any atom is -0.335 e. The first-order valence-electron chi connectivity index (χ1n) is 7.50. The lowest BCUT2D eigenvalue weighted by Crippen LogP contribution is -2.07. The highest BCUT2D eigenvalue weighted by Gasteiger charge is 2.31. The van der Waals surface area contributed by atoms with Gasteiger partial charge in [-0.25, -0.2) is 4.98 Å². The number of hydrogen-bond donors (Lipinski definition) is 1. The average molecular weight is 384 g/mol. The van der Waals surface area contributed by atoms with E-state index in [1.54, 1.807) is 0 Å². The summed E-state index contributed by atoms with van der Waals surface area (Å²) in [6, 6.07) is 7.88. The third-order valence-corrected chi connectivity index (χ3v) is 3.79. The molecule has 1 aromatic heterocycles. The number of imidazole rings is 1. The largest absolute Gasteiger partial charge is 0.416 e. The molecule has 0 atom stereocenters. The molecule has 1 heterocycles. The lowest BCUT2D eigenvalue weighted by Gasteiger charge is -2.07. The van der Waals surface area contributed by atoms with Gasteiger partial charge in [0.2, 0.25) is 5.78 Å². The second-order valence-electron chi connectivity index (χ2n) is 5.62. The molecule has 9 heteroatoms. The number of nitrogens with zero attached hydrogens (tertiary/aromatic N) is 1. The van der Waals surface area contributed by atoms with Crippen LogP contribution in [-0.2, 0) is 12.4 Å². The lowest BCUT2D eigenvalue weighted by atomic mass is 10.1. The number of hydrogen-bond acceptors (Lipinski definition) is 2. The molecular formula is C18H10F6N2O. The van der Waals surface area contributed by atoms with Gasteiger partial charge < -0.3 is 4.98 Å². The van der Waals surface area contributed by atoms with E-state index in [1.165, 1.54) is 18.3 Å². The number of H-pyrrole nitrogens is 1. The minimum absolute atomic E-state index is 0.00341. The normalized spacial score (nSPS) is 12.2. The number of carbonyl (C=O) groups excluding carboxylic acids is 1. The van der Waals surface area contributed by atoms with Crippen LogP contribution >= 0.6 is 0 Å². The maximum Gasteiger partial charge on any atom is 0.416 e. The Bertz CT molecular complexity index is 953. The van der Waals surface area contributed by atoms with Crippen molar-refractivity contribution in [3.8, 4) is 11.3 Å². The molecule has 140 valence electrons. The van der Waals surface area contributed by atoms with Gasteiger partial charge in [0, 0.05) is 5.56 Å². The van der Waals surface area contributed by atoms with Crippen LogP contribution in [0.1, 0.15) is 27.3 Å². The average Bonchev–Trinajstić information content (AvgIpc) is 3.10. The Hall–Kier alpha value is -3.10. The third kappa shape index (κ3) is 4.02. The zero-order valence-electron chi connectivity index (χ0n) is 13.3. The summed E-state index contributed by atoms with van der Waals surface area (Å²) >= 11 is 0. The summed E-state index contributed by atoms with van der Waals surface area (Å²) < 4.78 is 75.4. The number of ketones is 1. The zero-order valence-corrected chi connectivity index (χ0v) is 13.3. The molecule has 0 unspecified atom stereocenters. The van der Waals surface area contributed by atoms with Crippen LogP contribution in [0.4, 0.5) is 26.3 Å². The van der Waals surface area contributed by atoms with Gasteiger partial charge in [0.1, 0.15) is 0 Å². The second-order valence-corrected chi connectivity index (χ2v) is 5.62. The summed E-state index contributed by atoms with van der Waals surface area (Å²) in [6.45, 7) is 0. The Labute approximate surface area is 148 Å². The Morgan fingerprint density at radius 2 is 1.26 bits per heavy atom. The fourth-order valence-corrected chi connectivity index (χ4v) is 2.37. The summed E-state index contributed by atoms with van der Waals surface area (Å²) in [5.74, 6) is -0.772. The van der Waals surface area contributed by atoms with Crippen LogP contribution < -0.4 is 0 Å². The molecule has 0 saturated heterocycles. The van der Waals surface area contributed by atoms with E-state index in [4.69, 9.17) is 0 Å². The van der Waals surface area contributed by atoms with Crippen molar-refractivity contribution in [1.29, 1.82) is 0 Å². The molecule has 3 rings (SSSR count). The fourth-order valence-electron chi connectivity index (χ4n) is 2.37. The van der Waals surface area contributed by atoms with Crippen LogP contribution in [0.25, 0.3) is 11.3 Å². The van der Waals surface area contributed by atoms with E-state index in [-0.39, 0.29) is 11.4 Å². The minimum atomic E-state index is -4.51. The smallest absolute Gasteiger partial charge is 0.335 e. The second kappa shape index (κ2) is 6.57. The molecule has 0 radical (unpaired) electrons. The first-order chi connectivity index (χ1) is 12.6. The van der Waals surface area contributed by atoms with Crippen molar-refractivity contribution < 1.29 is 31.1 Å². The lowest BCUT2D eigenvalue weighted by molar-refractivity contribution is -0.138. The van der Waals surface area contributed by atoms with E-state index in [1.807, 2.05) is 0 Å². The van der Waals surface area contributed by atoms with Crippen molar-refractivity contribution in [2.45, 2.75) is 12.4 Å². The Kier molecular flexibility index (Phi) is 4.54. The standard InChI is InChI=1S/C18H10F6N2O/c19-17(20,21)12-5-1-10(2-6-12)14-9-25-16(26-14)15(27)11-3-7-13(8-4-11)18(22,23)24/h1-9H,(H,25,26). The molecular weight excluding hydrogens is 374 g/mol. The van der Waals surface area contributed by atoms with Gasteiger partial charge in [-0.1, -0.05) is 24.3 Å². The van der Waals surface area contributed by atoms with Crippen molar-refractivity contribution in [1.82, 2.24) is 9.97 Å². The number of benzene rings is 2. The van der Waals surface area contributed by atoms with Gasteiger partial charge >= 0.3 is 12.4 Å². The SMILES string of the molecule is O=C(c1ccc(C(F)(F)F)cc1)c1ncc(-c2ccc(C(F)(F)F)cc2)[nH]1. The molecule has 0 aliphatic carbocycles. The molecule has 0 bridgehead atoms. The number of nitrogens with one attached hydrogen (secondary N) is 1. The molecule has 3 aromatic rings. The predicted octanol–water partition coefficient (Wildman–Crippen LogP) is 5.35. The van der Waals surface area contributed by atoms with Crippen molar-refractivity contribution >= 4 is 5.78 Å². The topological polar surface area (TPSA) is 45.8 Å². The first kappa shape index (κ1) is 18.7. The van der Waals surface area contributed by atoms with E-state index in [9.17, 15) is 31.1 Å². The quantitative estimate of drug-likeness (QED) is 0.489. The van der Waals surface area contributed by atoms with Crippen molar-refractivity contribution in [3.05, 3.63) is 77.2 Å². The number of carbonyl (C=O) groups is 1. The van der Waals surface area contributed by atoms with E-state index in [0.29, 0.717) is 11.3 Å². The molecule has 2 aromatic carbocycles. The van der Waals surface area contributed by atoms with Gasteiger partial charge in [-0.2, -0.15) is 26.3 Å². The van der Waals surface area contributed by atoms with Crippen LogP contribution in [-0.4, -0.2) is 15.8 Å². The van der Waals surface area contributed by atoms with Crippen LogP contribution in [0.5, 0.6) is 0 Å². The van der Waals surface area contributed by atoms with Gasteiger partial charge in [0.25, 0.3) is 0 Å². The monoisotopic (exact) mass is 384 g/mol. The highest BCUT2D eigenvalue weighted by molar-refractivity contribution is 6.06. The van der Waals surface area contributed by atoms with Gasteiger partial charge in [-0.15, -0.1) is 0 Å². The van der Waals surface area contributed by atoms with E-state index in [0.717, 1.165) is 36.4 Å². The fraction of sp³-hybridized carbons (Fsp3) is 0.111. The molecule has 0 aliphatic rings. The number of aromatic amines is 1. The molecule has 0 saturated carbocycles. The molecule has 0 fully saturated rings. The zero-order chi connectivity index (χ0) is 19.8. The van der Waals surface area contributed by atoms with E-state index in [2.05, 4.69) is 9.97 Å². The first-order valence-corrected chi connectivity index (χ1v) is 7.50. The molecule has 0 amide bonds. The summed E-state index contributed by atoms with van der Waals surface area (Å²) in [4.78, 5) is 18.8. The van der Waals surface area contributed by atoms with Gasteiger partial charge in [0.05, 0.1) is 23.0 Å². The van der Waals surface area contributed by atoms with Crippen LogP contribution in [0, 0.1) is 0 Å². The summed E-state index contributed by atoms with van der Waals surface area (Å²) in [5.41, 5.74) is -1.02. The van der Waals surface area contributed by atoms with Gasteiger partial charge in [0.15, 0.2) is 5.82 Å². The number of halogens is 6. The molecule has 27 heavy (non-hydrogen) atoms. The van der Waals surface area contributed by atoms with Crippen molar-refractivity contribution in [2.24, 2.45) is 0 Å². The van der Waals surface area contributed by atoms with Crippen molar-refractivity contribution in [3.63, 3.8) is 0 Å². The highest BCUT2D eigenvalue weighted by Crippen LogP contribution is 2.31. The van der Waals surface area contributed by atoms with Crippen LogP contribution in [0.15, 0.2) is 54.7 Å². The Morgan fingerprint density at radius 3 is 1.74 bits per heavy atom. The molecule has 3 nitrogen and oxygen atoms in total. The number of rotatable bonds is 3. The molecule has 0 aliphatic heterocycles. The maximum atomic E-state index is 12.6. The van der Waals surface area contributed by atoms with Gasteiger partial charge in [-0.05, 0) is 29.8 Å². The highest BCUT2D eigenvalue weighted by atomic mass is 19.4. The van der Waals surface area contributed by atoms with Crippen LogP contribution in [0.2, 0.25) is 0 Å². The van der Waals surface area contributed by atoms with Gasteiger partial charge in [-0.3, -0.25) is 4.79 Å². The van der Waals surface area contributed by atoms with E-state index < -0.39 is 29.3 Å². The number of aromatic nitrogens is 2. The van der Waals surface area contributed by atoms with Crippen LogP contribution in [0.3, 0.4) is 0 Å². The Balaban J connectivity index is 1.82. The molecule has 0 spiro atoms. The van der Waals surface area contributed by atoms with E-state index >= 15 is 0 Å². The Morgan fingerprint density at radius 1 is 0.778 bits per heavy atom. The number of alkyl halides is 6. The predicted molar refractivity (Wildman–Crippen MR) is 83.9 cm³/mol. The molecule has 1 N–H and O–H groups in total. The maximum absolute atomic E-state index is 12.6. The summed E-state index contributed by atoms with van der Waals surface area (Å²) in [6.07, 6.45) is -7.71. The van der Waals surface area contributed by atoms with Crippen molar-refractivity contribution in [2.75, 3.05) is 0 Å². The third-order valence-electron chi connectivity index (χ3n) is 3.79. The summed E-state index contributed by atoms with van der Waals surface area (Å²) in [7, 11) is 0.